The van der Waals surface area contributed by atoms with Crippen molar-refractivity contribution in [3.8, 4) is 11.3 Å². The normalized spacial score (nSPS) is 15.4. The first-order valence-electron chi connectivity index (χ1n) is 8.60. The minimum absolute atomic E-state index is 0.160. The van der Waals surface area contributed by atoms with Crippen LogP contribution < -0.4 is 0 Å². The Labute approximate surface area is 141 Å². The van der Waals surface area contributed by atoms with E-state index in [0.717, 1.165) is 24.0 Å². The standard InChI is InChI=1S/C19H23FN2O2/c1-22(17-5-3-2-4-6-17)18(23)12-9-15-13-21-24-19(15)14-7-10-16(20)11-8-14/h7-8,10-11,13,17H,2-6,9,12H2,1H3. The predicted molar refractivity (Wildman–Crippen MR) is 89.9 cm³/mol. The van der Waals surface area contributed by atoms with Crippen LogP contribution in [0.3, 0.4) is 0 Å². The highest BCUT2D eigenvalue weighted by atomic mass is 19.1. The molecule has 1 aromatic heterocycles. The van der Waals surface area contributed by atoms with E-state index in [1.165, 1.54) is 31.4 Å². The summed E-state index contributed by atoms with van der Waals surface area (Å²) in [5.41, 5.74) is 1.66. The van der Waals surface area contributed by atoms with E-state index in [2.05, 4.69) is 5.16 Å². The molecular formula is C19H23FN2O2. The van der Waals surface area contributed by atoms with Crippen molar-refractivity contribution >= 4 is 5.91 Å². The third kappa shape index (κ3) is 3.83. The van der Waals surface area contributed by atoms with Gasteiger partial charge in [-0.1, -0.05) is 24.4 Å². The maximum Gasteiger partial charge on any atom is 0.222 e. The number of carbonyl (C=O) groups excluding carboxylic acids is 1. The van der Waals surface area contributed by atoms with E-state index < -0.39 is 0 Å². The van der Waals surface area contributed by atoms with Gasteiger partial charge in [-0.25, -0.2) is 4.39 Å². The number of amides is 1. The lowest BCUT2D eigenvalue weighted by atomic mass is 9.94. The van der Waals surface area contributed by atoms with Crippen LogP contribution in [0.5, 0.6) is 0 Å². The molecule has 1 aromatic carbocycles. The summed E-state index contributed by atoms with van der Waals surface area (Å²) in [6.45, 7) is 0. The maximum absolute atomic E-state index is 13.1. The second-order valence-corrected chi connectivity index (χ2v) is 6.48. The molecule has 1 fully saturated rings. The molecule has 0 aliphatic heterocycles. The number of carbonyl (C=O) groups is 1. The zero-order chi connectivity index (χ0) is 16.9. The molecule has 1 aliphatic carbocycles. The molecule has 5 heteroatoms. The van der Waals surface area contributed by atoms with Gasteiger partial charge in [0.1, 0.15) is 5.82 Å². The number of halogens is 1. The van der Waals surface area contributed by atoms with Gasteiger partial charge < -0.3 is 9.42 Å². The number of rotatable bonds is 5. The minimum Gasteiger partial charge on any atom is -0.356 e. The first-order valence-corrected chi connectivity index (χ1v) is 8.60. The van der Waals surface area contributed by atoms with Gasteiger partial charge in [0.05, 0.1) is 6.20 Å². The Morgan fingerprint density at radius 1 is 1.25 bits per heavy atom. The van der Waals surface area contributed by atoms with Crippen molar-refractivity contribution in [3.63, 3.8) is 0 Å². The van der Waals surface area contributed by atoms with Gasteiger partial charge >= 0.3 is 0 Å². The van der Waals surface area contributed by atoms with Crippen LogP contribution >= 0.6 is 0 Å². The third-order valence-electron chi connectivity index (χ3n) is 4.87. The van der Waals surface area contributed by atoms with Gasteiger partial charge in [-0.3, -0.25) is 4.79 Å². The maximum atomic E-state index is 13.1. The van der Waals surface area contributed by atoms with E-state index in [4.69, 9.17) is 4.52 Å². The van der Waals surface area contributed by atoms with Gasteiger partial charge in [0.15, 0.2) is 5.76 Å². The largest absolute Gasteiger partial charge is 0.356 e. The second-order valence-electron chi connectivity index (χ2n) is 6.48. The molecule has 1 amide bonds. The highest BCUT2D eigenvalue weighted by Gasteiger charge is 2.22. The first-order chi connectivity index (χ1) is 11.6. The third-order valence-corrected chi connectivity index (χ3v) is 4.87. The molecule has 128 valence electrons. The smallest absolute Gasteiger partial charge is 0.222 e. The summed E-state index contributed by atoms with van der Waals surface area (Å²) >= 11 is 0. The monoisotopic (exact) mass is 330 g/mol. The van der Waals surface area contributed by atoms with E-state index in [1.54, 1.807) is 18.3 Å². The molecule has 0 radical (unpaired) electrons. The first kappa shape index (κ1) is 16.7. The SMILES string of the molecule is CN(C(=O)CCc1cnoc1-c1ccc(F)cc1)C1CCCCC1. The van der Waals surface area contributed by atoms with Gasteiger partial charge in [0, 0.05) is 30.6 Å². The topological polar surface area (TPSA) is 46.3 Å². The van der Waals surface area contributed by atoms with Crippen LogP contribution in [0, 0.1) is 5.82 Å². The Morgan fingerprint density at radius 3 is 2.67 bits per heavy atom. The summed E-state index contributed by atoms with van der Waals surface area (Å²) in [7, 11) is 1.91. The van der Waals surface area contributed by atoms with Gasteiger partial charge in [0.2, 0.25) is 5.91 Å². The molecule has 2 aromatic rings. The fraction of sp³-hybridized carbons (Fsp3) is 0.474. The molecule has 0 saturated heterocycles. The molecule has 1 saturated carbocycles. The summed E-state index contributed by atoms with van der Waals surface area (Å²) in [6, 6.07) is 6.49. The lowest BCUT2D eigenvalue weighted by Gasteiger charge is -2.31. The van der Waals surface area contributed by atoms with Crippen molar-refractivity contribution in [2.45, 2.75) is 51.0 Å². The average molecular weight is 330 g/mol. The summed E-state index contributed by atoms with van der Waals surface area (Å²) in [4.78, 5) is 14.4. The molecule has 1 aliphatic rings. The summed E-state index contributed by atoms with van der Waals surface area (Å²) in [5.74, 6) is 0.486. The summed E-state index contributed by atoms with van der Waals surface area (Å²) < 4.78 is 18.4. The van der Waals surface area contributed by atoms with Crippen LogP contribution in [-0.4, -0.2) is 29.1 Å². The summed E-state index contributed by atoms with van der Waals surface area (Å²) in [6.07, 6.45) is 8.57. The lowest BCUT2D eigenvalue weighted by molar-refractivity contribution is -0.132. The van der Waals surface area contributed by atoms with Gasteiger partial charge in [0.25, 0.3) is 0 Å². The van der Waals surface area contributed by atoms with Crippen molar-refractivity contribution in [3.05, 3.63) is 41.8 Å². The second kappa shape index (κ2) is 7.60. The quantitative estimate of drug-likeness (QED) is 0.825. The Hall–Kier alpha value is -2.17. The highest BCUT2D eigenvalue weighted by Crippen LogP contribution is 2.26. The number of nitrogens with zero attached hydrogens (tertiary/aromatic N) is 2. The van der Waals surface area contributed by atoms with Crippen molar-refractivity contribution in [2.75, 3.05) is 7.05 Å². The molecule has 1 heterocycles. The van der Waals surface area contributed by atoms with Crippen LogP contribution in [0.2, 0.25) is 0 Å². The highest BCUT2D eigenvalue weighted by molar-refractivity contribution is 5.77. The van der Waals surface area contributed by atoms with Crippen molar-refractivity contribution in [2.24, 2.45) is 0 Å². The Bertz CT molecular complexity index is 675. The summed E-state index contributed by atoms with van der Waals surface area (Å²) in [5, 5.41) is 3.84. The van der Waals surface area contributed by atoms with Crippen LogP contribution in [0.15, 0.2) is 35.0 Å². The lowest BCUT2D eigenvalue weighted by Crippen LogP contribution is -2.38. The van der Waals surface area contributed by atoms with E-state index in [9.17, 15) is 9.18 Å². The van der Waals surface area contributed by atoms with Crippen LogP contribution in [-0.2, 0) is 11.2 Å². The van der Waals surface area contributed by atoms with E-state index in [0.29, 0.717) is 24.6 Å². The zero-order valence-corrected chi connectivity index (χ0v) is 14.0. The molecule has 0 N–H and O–H groups in total. The molecule has 0 unspecified atom stereocenters. The van der Waals surface area contributed by atoms with Crippen molar-refractivity contribution < 1.29 is 13.7 Å². The molecule has 0 atom stereocenters. The predicted octanol–water partition coefficient (Wildman–Crippen LogP) is 4.20. The van der Waals surface area contributed by atoms with Crippen molar-refractivity contribution in [1.29, 1.82) is 0 Å². The van der Waals surface area contributed by atoms with Crippen LogP contribution in [0.25, 0.3) is 11.3 Å². The molecular weight excluding hydrogens is 307 g/mol. The Kier molecular flexibility index (Phi) is 5.28. The average Bonchev–Trinajstić information content (AvgIpc) is 3.09. The number of benzene rings is 1. The molecule has 24 heavy (non-hydrogen) atoms. The van der Waals surface area contributed by atoms with E-state index in [1.807, 2.05) is 11.9 Å². The minimum atomic E-state index is -0.288. The van der Waals surface area contributed by atoms with Crippen LogP contribution in [0.4, 0.5) is 4.39 Å². The van der Waals surface area contributed by atoms with Gasteiger partial charge in [-0.2, -0.15) is 0 Å². The van der Waals surface area contributed by atoms with E-state index in [-0.39, 0.29) is 11.7 Å². The van der Waals surface area contributed by atoms with Crippen LogP contribution in [0.1, 0.15) is 44.1 Å². The Balaban J connectivity index is 1.61. The fourth-order valence-electron chi connectivity index (χ4n) is 3.37. The van der Waals surface area contributed by atoms with Gasteiger partial charge in [-0.15, -0.1) is 0 Å². The molecule has 3 rings (SSSR count). The molecule has 4 nitrogen and oxygen atoms in total. The number of aromatic nitrogens is 1. The molecule has 0 spiro atoms. The fourth-order valence-corrected chi connectivity index (χ4v) is 3.37. The number of hydrogen-bond acceptors (Lipinski definition) is 3. The Morgan fingerprint density at radius 2 is 1.96 bits per heavy atom. The zero-order valence-electron chi connectivity index (χ0n) is 14.0. The van der Waals surface area contributed by atoms with Gasteiger partial charge in [-0.05, 0) is 43.5 Å². The number of hydrogen-bond donors (Lipinski definition) is 0. The van der Waals surface area contributed by atoms with Crippen molar-refractivity contribution in [1.82, 2.24) is 10.1 Å². The molecule has 0 bridgehead atoms. The van der Waals surface area contributed by atoms with E-state index >= 15 is 0 Å². The number of aryl methyl sites for hydroxylation is 1.